The summed E-state index contributed by atoms with van der Waals surface area (Å²) < 4.78 is 0. The van der Waals surface area contributed by atoms with Crippen LogP contribution in [0.2, 0.25) is 0 Å². The molecule has 0 aromatic heterocycles. The van der Waals surface area contributed by atoms with Crippen molar-refractivity contribution in [1.82, 2.24) is 15.8 Å². The molecule has 1 fully saturated rings. The van der Waals surface area contributed by atoms with Gasteiger partial charge >= 0.3 is 0 Å². The van der Waals surface area contributed by atoms with Gasteiger partial charge in [-0.1, -0.05) is 30.3 Å². The minimum atomic E-state index is 0.342. The van der Waals surface area contributed by atoms with Crippen LogP contribution < -0.4 is 10.9 Å². The van der Waals surface area contributed by atoms with E-state index in [1.54, 1.807) is 0 Å². The van der Waals surface area contributed by atoms with Crippen LogP contribution in [-0.2, 0) is 0 Å². The minimum absolute atomic E-state index is 0.342. The van der Waals surface area contributed by atoms with Crippen LogP contribution in [0.1, 0.15) is 24.4 Å². The summed E-state index contributed by atoms with van der Waals surface area (Å²) in [5, 5.41) is 0. The summed E-state index contributed by atoms with van der Waals surface area (Å²) in [6, 6.07) is 11.1. The van der Waals surface area contributed by atoms with Crippen molar-refractivity contribution in [2.75, 3.05) is 13.1 Å². The van der Waals surface area contributed by atoms with Crippen LogP contribution in [-0.4, -0.2) is 18.0 Å². The molecule has 0 radical (unpaired) electrons. The van der Waals surface area contributed by atoms with Gasteiger partial charge in [0, 0.05) is 19.0 Å². The number of nitrogens with one attached hydrogen (secondary N) is 2. The predicted molar refractivity (Wildman–Crippen MR) is 66.8 cm³/mol. The predicted octanol–water partition coefficient (Wildman–Crippen LogP) is 1.77. The third kappa shape index (κ3) is 1.32. The number of fused-ring (bicyclic) bond motifs is 2. The maximum absolute atomic E-state index is 3.45. The lowest BCUT2D eigenvalue weighted by Crippen LogP contribution is -2.41. The summed E-state index contributed by atoms with van der Waals surface area (Å²) in [6.07, 6.45) is 2.63. The third-order valence-corrected chi connectivity index (χ3v) is 4.28. The van der Waals surface area contributed by atoms with E-state index in [-0.39, 0.29) is 0 Å². The first-order valence-corrected chi connectivity index (χ1v) is 6.49. The van der Waals surface area contributed by atoms with E-state index in [2.05, 4.69) is 46.1 Å². The minimum Gasteiger partial charge on any atom is -0.372 e. The zero-order valence-corrected chi connectivity index (χ0v) is 9.82. The van der Waals surface area contributed by atoms with Crippen molar-refractivity contribution < 1.29 is 0 Å². The first-order chi connectivity index (χ1) is 8.43. The number of allylic oxidation sites excluding steroid dienone is 1. The van der Waals surface area contributed by atoms with Gasteiger partial charge in [0.05, 0.1) is 17.4 Å². The largest absolute Gasteiger partial charge is 0.372 e. The lowest BCUT2D eigenvalue weighted by atomic mass is 9.85. The second kappa shape index (κ2) is 3.50. The van der Waals surface area contributed by atoms with Crippen LogP contribution in [0.3, 0.4) is 0 Å². The van der Waals surface area contributed by atoms with Gasteiger partial charge in [-0.25, -0.2) is 5.43 Å². The molecule has 1 aromatic carbocycles. The summed E-state index contributed by atoms with van der Waals surface area (Å²) in [4.78, 5) is 2.56. The number of hydrogen-bond acceptors (Lipinski definition) is 3. The fourth-order valence-electron chi connectivity index (χ4n) is 3.40. The van der Waals surface area contributed by atoms with Crippen molar-refractivity contribution in [2.24, 2.45) is 5.92 Å². The Labute approximate surface area is 101 Å². The van der Waals surface area contributed by atoms with E-state index >= 15 is 0 Å². The van der Waals surface area contributed by atoms with Crippen LogP contribution in [0.4, 0.5) is 0 Å². The van der Waals surface area contributed by atoms with Crippen LogP contribution in [0.25, 0.3) is 0 Å². The van der Waals surface area contributed by atoms with Crippen molar-refractivity contribution in [1.29, 1.82) is 0 Å². The molecule has 88 valence electrons. The highest BCUT2D eigenvalue weighted by atomic mass is 15.4. The molecule has 3 nitrogen and oxygen atoms in total. The Balaban J connectivity index is 1.76. The van der Waals surface area contributed by atoms with Gasteiger partial charge in [0.25, 0.3) is 0 Å². The Kier molecular flexibility index (Phi) is 1.97. The molecular weight excluding hydrogens is 210 g/mol. The maximum Gasteiger partial charge on any atom is 0.0925 e. The summed E-state index contributed by atoms with van der Waals surface area (Å²) in [5.74, 6) is 0.760. The molecule has 1 aromatic rings. The van der Waals surface area contributed by atoms with Gasteiger partial charge in [-0.3, -0.25) is 0 Å². The summed E-state index contributed by atoms with van der Waals surface area (Å²) in [5.41, 5.74) is 11.2. The van der Waals surface area contributed by atoms with Crippen molar-refractivity contribution in [3.8, 4) is 0 Å². The molecule has 1 atom stereocenters. The number of hydrazine groups is 1. The second-order valence-corrected chi connectivity index (χ2v) is 5.17. The zero-order chi connectivity index (χ0) is 11.2. The molecule has 1 saturated heterocycles. The van der Waals surface area contributed by atoms with E-state index in [0.29, 0.717) is 6.04 Å². The maximum atomic E-state index is 3.45. The van der Waals surface area contributed by atoms with E-state index in [1.165, 1.54) is 42.9 Å². The Morgan fingerprint density at radius 2 is 1.82 bits per heavy atom. The Hall–Kier alpha value is -1.48. The topological polar surface area (TPSA) is 27.3 Å². The Morgan fingerprint density at radius 3 is 2.59 bits per heavy atom. The smallest absolute Gasteiger partial charge is 0.0925 e. The molecule has 0 saturated carbocycles. The van der Waals surface area contributed by atoms with Crippen molar-refractivity contribution in [3.63, 3.8) is 0 Å². The summed E-state index contributed by atoms with van der Waals surface area (Å²) in [7, 11) is 0. The number of hydrogen-bond donors (Lipinski definition) is 2. The number of rotatable bonds is 1. The molecule has 2 bridgehead atoms. The van der Waals surface area contributed by atoms with Crippen LogP contribution in [0.15, 0.2) is 41.7 Å². The van der Waals surface area contributed by atoms with Crippen LogP contribution in [0, 0.1) is 5.92 Å². The van der Waals surface area contributed by atoms with Gasteiger partial charge in [0.1, 0.15) is 0 Å². The normalized spacial score (nSPS) is 27.3. The van der Waals surface area contributed by atoms with Crippen molar-refractivity contribution in [3.05, 3.63) is 47.3 Å². The Morgan fingerprint density at radius 1 is 1.06 bits per heavy atom. The zero-order valence-electron chi connectivity index (χ0n) is 9.82. The molecule has 0 amide bonds. The molecule has 3 heteroatoms. The third-order valence-electron chi connectivity index (χ3n) is 4.28. The molecule has 0 spiro atoms. The van der Waals surface area contributed by atoms with Gasteiger partial charge < -0.3 is 10.3 Å². The monoisotopic (exact) mass is 227 g/mol. The van der Waals surface area contributed by atoms with Crippen molar-refractivity contribution >= 4 is 0 Å². The average molecular weight is 227 g/mol. The van der Waals surface area contributed by atoms with E-state index < -0.39 is 0 Å². The van der Waals surface area contributed by atoms with Gasteiger partial charge in [0.2, 0.25) is 0 Å². The van der Waals surface area contributed by atoms with E-state index in [9.17, 15) is 0 Å². The molecule has 0 aliphatic carbocycles. The second-order valence-electron chi connectivity index (χ2n) is 5.17. The lowest BCUT2D eigenvalue weighted by molar-refractivity contribution is 0.200. The van der Waals surface area contributed by atoms with E-state index in [4.69, 9.17) is 0 Å². The highest BCUT2D eigenvalue weighted by Gasteiger charge is 2.40. The molecule has 17 heavy (non-hydrogen) atoms. The highest BCUT2D eigenvalue weighted by molar-refractivity contribution is 5.36. The number of benzene rings is 1. The fraction of sp³-hybridized carbons (Fsp3) is 0.429. The van der Waals surface area contributed by atoms with Crippen molar-refractivity contribution in [2.45, 2.75) is 18.9 Å². The van der Waals surface area contributed by atoms with E-state index in [1.807, 2.05) is 0 Å². The first kappa shape index (κ1) is 9.54. The number of nitrogens with zero attached hydrogens (tertiary/aromatic N) is 1. The van der Waals surface area contributed by atoms with Crippen LogP contribution >= 0.6 is 0 Å². The average Bonchev–Trinajstić information content (AvgIpc) is 2.88. The van der Waals surface area contributed by atoms with Crippen LogP contribution in [0.5, 0.6) is 0 Å². The van der Waals surface area contributed by atoms with Gasteiger partial charge in [-0.2, -0.15) is 0 Å². The van der Waals surface area contributed by atoms with E-state index in [0.717, 1.165) is 5.92 Å². The van der Waals surface area contributed by atoms with Gasteiger partial charge in [-0.15, -0.1) is 0 Å². The first-order valence-electron chi connectivity index (χ1n) is 6.49. The molecule has 4 aliphatic heterocycles. The standard InChI is InChI=1S/C14H17N3/c1-2-4-10(5-3-1)12-14-13(16-15-12)11-6-8-17(14)9-7-11/h1-5,11-12,15-16H,6-9H2. The summed E-state index contributed by atoms with van der Waals surface area (Å²) >= 11 is 0. The molecular formula is C14H17N3. The number of piperidine rings is 1. The molecule has 1 unspecified atom stereocenters. The molecule has 4 aliphatic rings. The molecule has 2 N–H and O–H groups in total. The lowest BCUT2D eigenvalue weighted by Gasteiger charge is -2.42. The fourth-order valence-corrected chi connectivity index (χ4v) is 3.40. The summed E-state index contributed by atoms with van der Waals surface area (Å²) in [6.45, 7) is 2.46. The Bertz CT molecular complexity index is 458. The molecule has 5 rings (SSSR count). The highest BCUT2D eigenvalue weighted by Crippen LogP contribution is 2.42. The molecule has 4 heterocycles. The SMILES string of the molecule is c1ccc(C2NNC3=C2N2CCC3CC2)cc1. The van der Waals surface area contributed by atoms with Gasteiger partial charge in [-0.05, 0) is 18.4 Å². The van der Waals surface area contributed by atoms with Gasteiger partial charge in [0.15, 0.2) is 0 Å². The quantitative estimate of drug-likeness (QED) is 0.765.